The Morgan fingerprint density at radius 3 is 2.95 bits per heavy atom. The second-order valence-corrected chi connectivity index (χ2v) is 6.65. The predicted octanol–water partition coefficient (Wildman–Crippen LogP) is 4.23. The highest BCUT2D eigenvalue weighted by atomic mass is 32.1. The molecule has 0 saturated carbocycles. The molecule has 3 aromatic rings. The van der Waals surface area contributed by atoms with E-state index in [0.717, 1.165) is 24.1 Å². The first-order chi connectivity index (χ1) is 10.8. The SMILES string of the molecule is O=C(CCCc1cccs1)Nc1nc(-c2cccnc2)cs1. The van der Waals surface area contributed by atoms with Gasteiger partial charge in [-0.1, -0.05) is 6.07 Å². The maximum absolute atomic E-state index is 11.9. The summed E-state index contributed by atoms with van der Waals surface area (Å²) in [7, 11) is 0. The number of thiophene rings is 1. The first-order valence-electron chi connectivity index (χ1n) is 6.99. The van der Waals surface area contributed by atoms with Crippen molar-refractivity contribution < 1.29 is 4.79 Å². The Balaban J connectivity index is 1.50. The number of carbonyl (C=O) groups is 1. The van der Waals surface area contributed by atoms with Crippen LogP contribution in [-0.2, 0) is 11.2 Å². The fraction of sp³-hybridized carbons (Fsp3) is 0.188. The van der Waals surface area contributed by atoms with Gasteiger partial charge in [0.05, 0.1) is 5.69 Å². The van der Waals surface area contributed by atoms with Gasteiger partial charge in [-0.3, -0.25) is 9.78 Å². The molecule has 0 bridgehead atoms. The van der Waals surface area contributed by atoms with Gasteiger partial charge in [0, 0.05) is 34.6 Å². The van der Waals surface area contributed by atoms with E-state index < -0.39 is 0 Å². The third kappa shape index (κ3) is 3.99. The Kier molecular flexibility index (Phi) is 4.92. The number of hydrogen-bond acceptors (Lipinski definition) is 5. The van der Waals surface area contributed by atoms with Crippen molar-refractivity contribution in [2.45, 2.75) is 19.3 Å². The van der Waals surface area contributed by atoms with E-state index in [4.69, 9.17) is 0 Å². The van der Waals surface area contributed by atoms with Crippen molar-refractivity contribution in [3.8, 4) is 11.3 Å². The zero-order chi connectivity index (χ0) is 15.2. The monoisotopic (exact) mass is 329 g/mol. The molecule has 0 spiro atoms. The van der Waals surface area contributed by atoms with Crippen molar-refractivity contribution in [3.63, 3.8) is 0 Å². The van der Waals surface area contributed by atoms with Gasteiger partial charge in [-0.25, -0.2) is 4.98 Å². The number of amides is 1. The highest BCUT2D eigenvalue weighted by Gasteiger charge is 2.08. The number of rotatable bonds is 6. The Labute approximate surface area is 136 Å². The lowest BCUT2D eigenvalue weighted by Gasteiger charge is -2.01. The van der Waals surface area contributed by atoms with Crippen LogP contribution in [0.5, 0.6) is 0 Å². The van der Waals surface area contributed by atoms with Gasteiger partial charge in [-0.2, -0.15) is 0 Å². The summed E-state index contributed by atoms with van der Waals surface area (Å²) >= 11 is 3.17. The summed E-state index contributed by atoms with van der Waals surface area (Å²) in [6.07, 6.45) is 5.81. The van der Waals surface area contributed by atoms with Crippen LogP contribution in [0.1, 0.15) is 17.7 Å². The topological polar surface area (TPSA) is 54.9 Å². The van der Waals surface area contributed by atoms with Crippen LogP contribution in [-0.4, -0.2) is 15.9 Å². The van der Waals surface area contributed by atoms with E-state index >= 15 is 0 Å². The van der Waals surface area contributed by atoms with Crippen LogP contribution in [0.4, 0.5) is 5.13 Å². The number of hydrogen-bond donors (Lipinski definition) is 1. The molecular weight excluding hydrogens is 314 g/mol. The smallest absolute Gasteiger partial charge is 0.226 e. The van der Waals surface area contributed by atoms with E-state index in [-0.39, 0.29) is 5.91 Å². The van der Waals surface area contributed by atoms with Gasteiger partial charge < -0.3 is 5.32 Å². The first kappa shape index (κ1) is 14.9. The lowest BCUT2D eigenvalue weighted by Crippen LogP contribution is -2.11. The Morgan fingerprint density at radius 2 is 2.18 bits per heavy atom. The van der Waals surface area contributed by atoms with Crippen molar-refractivity contribution in [2.24, 2.45) is 0 Å². The summed E-state index contributed by atoms with van der Waals surface area (Å²) in [5.41, 5.74) is 1.80. The zero-order valence-corrected chi connectivity index (χ0v) is 13.5. The Hall–Kier alpha value is -2.05. The number of aryl methyl sites for hydroxylation is 1. The summed E-state index contributed by atoms with van der Waals surface area (Å²) in [5, 5.41) is 7.49. The van der Waals surface area contributed by atoms with Crippen LogP contribution in [0, 0.1) is 0 Å². The number of pyridine rings is 1. The van der Waals surface area contributed by atoms with Crippen molar-refractivity contribution >= 4 is 33.7 Å². The van der Waals surface area contributed by atoms with E-state index in [2.05, 4.69) is 26.7 Å². The highest BCUT2D eigenvalue weighted by molar-refractivity contribution is 7.14. The van der Waals surface area contributed by atoms with E-state index in [1.807, 2.05) is 23.6 Å². The van der Waals surface area contributed by atoms with Crippen LogP contribution >= 0.6 is 22.7 Å². The van der Waals surface area contributed by atoms with Gasteiger partial charge in [0.15, 0.2) is 5.13 Å². The molecule has 3 heterocycles. The first-order valence-corrected chi connectivity index (χ1v) is 8.75. The minimum Gasteiger partial charge on any atom is -0.302 e. The van der Waals surface area contributed by atoms with Crippen LogP contribution in [0.2, 0.25) is 0 Å². The van der Waals surface area contributed by atoms with E-state index in [9.17, 15) is 4.79 Å². The summed E-state index contributed by atoms with van der Waals surface area (Å²) in [5.74, 6) is 0.0173. The molecule has 0 aromatic carbocycles. The van der Waals surface area contributed by atoms with E-state index in [0.29, 0.717) is 11.6 Å². The molecule has 0 saturated heterocycles. The maximum Gasteiger partial charge on any atom is 0.226 e. The highest BCUT2D eigenvalue weighted by Crippen LogP contribution is 2.24. The third-order valence-electron chi connectivity index (χ3n) is 3.11. The average molecular weight is 329 g/mol. The van der Waals surface area contributed by atoms with Crippen molar-refractivity contribution in [3.05, 3.63) is 52.3 Å². The second-order valence-electron chi connectivity index (χ2n) is 4.76. The molecule has 0 radical (unpaired) electrons. The lowest BCUT2D eigenvalue weighted by atomic mass is 10.2. The van der Waals surface area contributed by atoms with Gasteiger partial charge >= 0.3 is 0 Å². The number of nitrogens with one attached hydrogen (secondary N) is 1. The molecule has 4 nitrogen and oxygen atoms in total. The molecule has 0 unspecified atom stereocenters. The minimum absolute atomic E-state index is 0.0173. The summed E-state index contributed by atoms with van der Waals surface area (Å²) in [6.45, 7) is 0. The third-order valence-corrected chi connectivity index (χ3v) is 4.81. The molecule has 3 rings (SSSR count). The standard InChI is InChI=1S/C16H15N3OS2/c20-15(7-1-5-13-6-3-9-21-13)19-16-18-14(11-22-16)12-4-2-8-17-10-12/h2-4,6,8-11H,1,5,7H2,(H,18,19,20). The molecule has 1 N–H and O–H groups in total. The number of carbonyl (C=O) groups excluding carboxylic acids is 1. The van der Waals surface area contributed by atoms with Crippen molar-refractivity contribution in [1.29, 1.82) is 0 Å². The van der Waals surface area contributed by atoms with Crippen molar-refractivity contribution in [2.75, 3.05) is 5.32 Å². The van der Waals surface area contributed by atoms with E-state index in [1.54, 1.807) is 23.7 Å². The van der Waals surface area contributed by atoms with Crippen LogP contribution in [0.25, 0.3) is 11.3 Å². The second kappa shape index (κ2) is 7.29. The Morgan fingerprint density at radius 1 is 1.23 bits per heavy atom. The van der Waals surface area contributed by atoms with Gasteiger partial charge in [0.2, 0.25) is 5.91 Å². The summed E-state index contributed by atoms with van der Waals surface area (Å²) in [6, 6.07) is 7.96. The average Bonchev–Trinajstić information content (AvgIpc) is 3.20. The molecule has 112 valence electrons. The van der Waals surface area contributed by atoms with Crippen LogP contribution in [0.3, 0.4) is 0 Å². The minimum atomic E-state index is 0.0173. The molecule has 0 fully saturated rings. The molecule has 1 amide bonds. The molecule has 0 aliphatic rings. The largest absolute Gasteiger partial charge is 0.302 e. The van der Waals surface area contributed by atoms with Gasteiger partial charge in [-0.05, 0) is 36.4 Å². The molecule has 22 heavy (non-hydrogen) atoms. The molecule has 0 aliphatic carbocycles. The number of thiazole rings is 1. The molecule has 0 atom stereocenters. The number of nitrogens with zero attached hydrogens (tertiary/aromatic N) is 2. The molecule has 6 heteroatoms. The van der Waals surface area contributed by atoms with Gasteiger partial charge in [-0.15, -0.1) is 22.7 Å². The molecule has 0 aliphatic heterocycles. The van der Waals surface area contributed by atoms with Crippen molar-refractivity contribution in [1.82, 2.24) is 9.97 Å². The molecule has 3 aromatic heterocycles. The predicted molar refractivity (Wildman–Crippen MR) is 91.2 cm³/mol. The normalized spacial score (nSPS) is 10.5. The van der Waals surface area contributed by atoms with E-state index in [1.165, 1.54) is 16.2 Å². The molecular formula is C16H15N3OS2. The van der Waals surface area contributed by atoms with Gasteiger partial charge in [0.1, 0.15) is 0 Å². The number of aromatic nitrogens is 2. The van der Waals surface area contributed by atoms with Gasteiger partial charge in [0.25, 0.3) is 0 Å². The fourth-order valence-electron chi connectivity index (χ4n) is 2.04. The van der Waals surface area contributed by atoms with Crippen LogP contribution in [0.15, 0.2) is 47.4 Å². The lowest BCUT2D eigenvalue weighted by molar-refractivity contribution is -0.116. The number of anilines is 1. The maximum atomic E-state index is 11.9. The fourth-order valence-corrected chi connectivity index (χ4v) is 3.52. The van der Waals surface area contributed by atoms with Crippen LogP contribution < -0.4 is 5.32 Å². The quantitative estimate of drug-likeness (QED) is 0.736. The zero-order valence-electron chi connectivity index (χ0n) is 11.9. The summed E-state index contributed by atoms with van der Waals surface area (Å²) in [4.78, 5) is 21.8. The Bertz CT molecular complexity index is 723. The summed E-state index contributed by atoms with van der Waals surface area (Å²) < 4.78 is 0.